The Labute approximate surface area is 127 Å². The molecule has 0 spiro atoms. The van der Waals surface area contributed by atoms with E-state index in [2.05, 4.69) is 53.4 Å². The van der Waals surface area contributed by atoms with Gasteiger partial charge in [-0.2, -0.15) is 5.10 Å². The van der Waals surface area contributed by atoms with E-state index in [0.29, 0.717) is 0 Å². The van der Waals surface area contributed by atoms with Crippen LogP contribution in [0.3, 0.4) is 0 Å². The lowest BCUT2D eigenvalue weighted by atomic mass is 10.2. The third kappa shape index (κ3) is 4.99. The van der Waals surface area contributed by atoms with E-state index in [1.807, 2.05) is 16.9 Å². The van der Waals surface area contributed by atoms with E-state index in [1.54, 1.807) is 6.20 Å². The fourth-order valence-electron chi connectivity index (χ4n) is 2.43. The van der Waals surface area contributed by atoms with Gasteiger partial charge >= 0.3 is 0 Å². The van der Waals surface area contributed by atoms with E-state index >= 15 is 0 Å². The molecule has 0 unspecified atom stereocenters. The van der Waals surface area contributed by atoms with Crippen LogP contribution in [0, 0.1) is 0 Å². The van der Waals surface area contributed by atoms with Crippen LogP contribution in [-0.2, 0) is 6.54 Å². The first-order chi connectivity index (χ1) is 10.3. The molecule has 1 heterocycles. The van der Waals surface area contributed by atoms with Gasteiger partial charge in [0.05, 0.1) is 5.69 Å². The van der Waals surface area contributed by atoms with Crippen LogP contribution in [0.25, 0.3) is 5.69 Å². The van der Waals surface area contributed by atoms with Crippen molar-refractivity contribution >= 4 is 0 Å². The number of hydrogen-bond acceptors (Lipinski definition) is 3. The average molecular weight is 286 g/mol. The maximum atomic E-state index is 4.27. The molecular weight excluding hydrogens is 260 g/mol. The SMILES string of the molecule is CCN(CC)CCCNCc1cccc(-n2cccn2)c1. The molecule has 1 aromatic carbocycles. The summed E-state index contributed by atoms with van der Waals surface area (Å²) in [6.45, 7) is 9.86. The number of nitrogens with zero attached hydrogens (tertiary/aromatic N) is 3. The summed E-state index contributed by atoms with van der Waals surface area (Å²) in [7, 11) is 0. The summed E-state index contributed by atoms with van der Waals surface area (Å²) in [5.74, 6) is 0. The van der Waals surface area contributed by atoms with Crippen LogP contribution in [0.15, 0.2) is 42.7 Å². The third-order valence-corrected chi connectivity index (χ3v) is 3.73. The van der Waals surface area contributed by atoms with Gasteiger partial charge < -0.3 is 10.2 Å². The van der Waals surface area contributed by atoms with Crippen LogP contribution in [0.2, 0.25) is 0 Å². The molecule has 0 amide bonds. The van der Waals surface area contributed by atoms with Crippen molar-refractivity contribution in [1.29, 1.82) is 0 Å². The van der Waals surface area contributed by atoms with Gasteiger partial charge in [-0.15, -0.1) is 0 Å². The zero-order valence-electron chi connectivity index (χ0n) is 13.1. The first kappa shape index (κ1) is 15.7. The molecule has 0 saturated heterocycles. The Morgan fingerprint density at radius 1 is 1.19 bits per heavy atom. The maximum Gasteiger partial charge on any atom is 0.0648 e. The van der Waals surface area contributed by atoms with Gasteiger partial charge in [0.15, 0.2) is 0 Å². The molecule has 0 radical (unpaired) electrons. The van der Waals surface area contributed by atoms with Crippen molar-refractivity contribution in [3.63, 3.8) is 0 Å². The summed E-state index contributed by atoms with van der Waals surface area (Å²) in [6.07, 6.45) is 4.97. The predicted octanol–water partition coefficient (Wildman–Crippen LogP) is 2.69. The summed E-state index contributed by atoms with van der Waals surface area (Å²) in [5, 5.41) is 7.79. The molecule has 4 heteroatoms. The lowest BCUT2D eigenvalue weighted by Crippen LogP contribution is -2.27. The Morgan fingerprint density at radius 2 is 2.05 bits per heavy atom. The Kier molecular flexibility index (Phi) is 6.44. The van der Waals surface area contributed by atoms with Crippen molar-refractivity contribution < 1.29 is 0 Å². The van der Waals surface area contributed by atoms with Crippen molar-refractivity contribution in [3.05, 3.63) is 48.3 Å². The predicted molar refractivity (Wildman–Crippen MR) is 87.7 cm³/mol. The Morgan fingerprint density at radius 3 is 2.76 bits per heavy atom. The number of nitrogens with one attached hydrogen (secondary N) is 1. The van der Waals surface area contributed by atoms with Gasteiger partial charge in [0.2, 0.25) is 0 Å². The molecular formula is C17H26N4. The molecule has 0 bridgehead atoms. The second-order valence-corrected chi connectivity index (χ2v) is 5.18. The first-order valence-electron chi connectivity index (χ1n) is 7.85. The fraction of sp³-hybridized carbons (Fsp3) is 0.471. The first-order valence-corrected chi connectivity index (χ1v) is 7.85. The molecule has 0 aliphatic rings. The fourth-order valence-corrected chi connectivity index (χ4v) is 2.43. The lowest BCUT2D eigenvalue weighted by molar-refractivity contribution is 0.298. The number of hydrogen-bond donors (Lipinski definition) is 1. The van der Waals surface area contributed by atoms with Gasteiger partial charge in [-0.05, 0) is 56.4 Å². The van der Waals surface area contributed by atoms with Crippen molar-refractivity contribution in [2.75, 3.05) is 26.2 Å². The highest BCUT2D eigenvalue weighted by Gasteiger charge is 2.00. The van der Waals surface area contributed by atoms with E-state index in [1.165, 1.54) is 18.5 Å². The van der Waals surface area contributed by atoms with Gasteiger partial charge in [-0.1, -0.05) is 26.0 Å². The molecule has 2 rings (SSSR count). The molecule has 0 saturated carbocycles. The summed E-state index contributed by atoms with van der Waals surface area (Å²) in [6, 6.07) is 10.5. The van der Waals surface area contributed by atoms with Crippen LogP contribution < -0.4 is 5.32 Å². The topological polar surface area (TPSA) is 33.1 Å². The minimum Gasteiger partial charge on any atom is -0.313 e. The molecule has 0 aliphatic heterocycles. The molecule has 0 atom stereocenters. The molecule has 1 N–H and O–H groups in total. The van der Waals surface area contributed by atoms with Crippen molar-refractivity contribution in [2.24, 2.45) is 0 Å². The summed E-state index contributed by atoms with van der Waals surface area (Å²) < 4.78 is 1.89. The Hall–Kier alpha value is -1.65. The zero-order valence-corrected chi connectivity index (χ0v) is 13.1. The minimum atomic E-state index is 0.910. The van der Waals surface area contributed by atoms with E-state index < -0.39 is 0 Å². The Bertz CT molecular complexity index is 503. The van der Waals surface area contributed by atoms with Crippen LogP contribution >= 0.6 is 0 Å². The van der Waals surface area contributed by atoms with Crippen LogP contribution in [-0.4, -0.2) is 40.9 Å². The Balaban J connectivity index is 1.75. The van der Waals surface area contributed by atoms with Crippen LogP contribution in [0.4, 0.5) is 0 Å². The minimum absolute atomic E-state index is 0.910. The van der Waals surface area contributed by atoms with E-state index in [-0.39, 0.29) is 0 Å². The number of rotatable bonds is 9. The summed E-state index contributed by atoms with van der Waals surface area (Å²) >= 11 is 0. The molecule has 0 fully saturated rings. The zero-order chi connectivity index (χ0) is 14.9. The van der Waals surface area contributed by atoms with E-state index in [9.17, 15) is 0 Å². The van der Waals surface area contributed by atoms with Crippen molar-refractivity contribution in [1.82, 2.24) is 20.0 Å². The van der Waals surface area contributed by atoms with E-state index in [0.717, 1.165) is 31.9 Å². The smallest absolute Gasteiger partial charge is 0.0648 e. The number of aromatic nitrogens is 2. The normalized spacial score (nSPS) is 11.2. The van der Waals surface area contributed by atoms with Crippen molar-refractivity contribution in [2.45, 2.75) is 26.8 Å². The second-order valence-electron chi connectivity index (χ2n) is 5.18. The maximum absolute atomic E-state index is 4.27. The highest BCUT2D eigenvalue weighted by atomic mass is 15.3. The number of benzene rings is 1. The molecule has 21 heavy (non-hydrogen) atoms. The van der Waals surface area contributed by atoms with Gasteiger partial charge in [0, 0.05) is 18.9 Å². The monoisotopic (exact) mass is 286 g/mol. The van der Waals surface area contributed by atoms with Crippen molar-refractivity contribution in [3.8, 4) is 5.69 Å². The van der Waals surface area contributed by atoms with Crippen LogP contribution in [0.1, 0.15) is 25.8 Å². The van der Waals surface area contributed by atoms with E-state index in [4.69, 9.17) is 0 Å². The molecule has 114 valence electrons. The molecule has 0 aliphatic carbocycles. The molecule has 2 aromatic rings. The third-order valence-electron chi connectivity index (χ3n) is 3.73. The standard InChI is InChI=1S/C17H26N4/c1-3-20(4-2)12-6-10-18-15-16-8-5-9-17(14-16)21-13-7-11-19-21/h5,7-9,11,13-14,18H,3-4,6,10,12,15H2,1-2H3. The van der Waals surface area contributed by atoms with Crippen LogP contribution in [0.5, 0.6) is 0 Å². The highest BCUT2D eigenvalue weighted by molar-refractivity contribution is 5.34. The quantitative estimate of drug-likeness (QED) is 0.720. The lowest BCUT2D eigenvalue weighted by Gasteiger charge is -2.17. The van der Waals surface area contributed by atoms with Gasteiger partial charge in [-0.25, -0.2) is 4.68 Å². The van der Waals surface area contributed by atoms with Gasteiger partial charge in [0.25, 0.3) is 0 Å². The molecule has 1 aromatic heterocycles. The largest absolute Gasteiger partial charge is 0.313 e. The van der Waals surface area contributed by atoms with Gasteiger partial charge in [0.1, 0.15) is 0 Å². The highest BCUT2D eigenvalue weighted by Crippen LogP contribution is 2.09. The average Bonchev–Trinajstić information content (AvgIpc) is 3.06. The summed E-state index contributed by atoms with van der Waals surface area (Å²) in [4.78, 5) is 2.46. The second kappa shape index (κ2) is 8.60. The van der Waals surface area contributed by atoms with Gasteiger partial charge in [-0.3, -0.25) is 0 Å². The summed E-state index contributed by atoms with van der Waals surface area (Å²) in [5.41, 5.74) is 2.41. The molecule has 4 nitrogen and oxygen atoms in total.